The normalized spacial score (nSPS) is 10.9. The fourth-order valence-electron chi connectivity index (χ4n) is 3.41. The van der Waals surface area contributed by atoms with Gasteiger partial charge in [-0.25, -0.2) is 10.1 Å². The van der Waals surface area contributed by atoms with Crippen LogP contribution in [0.5, 0.6) is 11.5 Å². The Morgan fingerprint density at radius 1 is 0.970 bits per heavy atom. The molecular formula is C26H24N4O3. The van der Waals surface area contributed by atoms with E-state index in [4.69, 9.17) is 14.6 Å². The van der Waals surface area contributed by atoms with Crippen LogP contribution in [0.4, 0.5) is 0 Å². The van der Waals surface area contributed by atoms with E-state index in [2.05, 4.69) is 16.6 Å². The summed E-state index contributed by atoms with van der Waals surface area (Å²) in [4.78, 5) is 12.6. The van der Waals surface area contributed by atoms with E-state index in [1.54, 1.807) is 36.2 Å². The van der Waals surface area contributed by atoms with Gasteiger partial charge in [-0.1, -0.05) is 42.0 Å². The number of ether oxygens (including phenoxy) is 2. The number of carbonyl (C=O) groups excluding carboxylic acids is 1. The number of aromatic nitrogens is 2. The van der Waals surface area contributed by atoms with Gasteiger partial charge in [0.1, 0.15) is 5.69 Å². The second-order valence-corrected chi connectivity index (χ2v) is 7.35. The van der Waals surface area contributed by atoms with Gasteiger partial charge in [0, 0.05) is 22.9 Å². The molecule has 1 amide bonds. The van der Waals surface area contributed by atoms with Crippen molar-refractivity contribution >= 4 is 12.1 Å². The van der Waals surface area contributed by atoms with Crippen LogP contribution in [0, 0.1) is 6.92 Å². The number of nitrogens with one attached hydrogen (secondary N) is 1. The number of nitrogens with zero attached hydrogens (tertiary/aromatic N) is 3. The molecule has 0 atom stereocenters. The number of hydrogen-bond donors (Lipinski definition) is 1. The van der Waals surface area contributed by atoms with Crippen LogP contribution in [-0.4, -0.2) is 36.1 Å². The summed E-state index contributed by atoms with van der Waals surface area (Å²) in [6.07, 6.45) is 3.49. The summed E-state index contributed by atoms with van der Waals surface area (Å²) in [6.45, 7) is 2.04. The first kappa shape index (κ1) is 21.8. The molecule has 0 spiro atoms. The zero-order chi connectivity index (χ0) is 23.2. The molecule has 1 N–H and O–H groups in total. The number of amides is 1. The molecule has 0 saturated heterocycles. The van der Waals surface area contributed by atoms with Gasteiger partial charge in [0.25, 0.3) is 5.91 Å². The van der Waals surface area contributed by atoms with Crippen LogP contribution in [0.2, 0.25) is 0 Å². The minimum absolute atomic E-state index is 0.361. The van der Waals surface area contributed by atoms with E-state index in [0.29, 0.717) is 17.1 Å². The first-order valence-electron chi connectivity index (χ1n) is 10.4. The van der Waals surface area contributed by atoms with Crippen molar-refractivity contribution in [1.29, 1.82) is 0 Å². The number of carbonyl (C=O) groups is 1. The van der Waals surface area contributed by atoms with Crippen molar-refractivity contribution in [2.24, 2.45) is 5.10 Å². The largest absolute Gasteiger partial charge is 0.493 e. The van der Waals surface area contributed by atoms with Crippen LogP contribution in [0.25, 0.3) is 16.9 Å². The van der Waals surface area contributed by atoms with Gasteiger partial charge >= 0.3 is 0 Å². The predicted molar refractivity (Wildman–Crippen MR) is 128 cm³/mol. The molecule has 0 aliphatic rings. The summed E-state index contributed by atoms with van der Waals surface area (Å²) < 4.78 is 12.3. The van der Waals surface area contributed by atoms with E-state index < -0.39 is 0 Å². The second-order valence-electron chi connectivity index (χ2n) is 7.35. The Bertz CT molecular complexity index is 1300. The summed E-state index contributed by atoms with van der Waals surface area (Å²) in [5.74, 6) is 0.661. The molecule has 0 aliphatic carbocycles. The highest BCUT2D eigenvalue weighted by molar-refractivity contribution is 5.96. The Balaban J connectivity index is 1.61. The Hall–Kier alpha value is -4.39. The van der Waals surface area contributed by atoms with Gasteiger partial charge in [0.15, 0.2) is 11.5 Å². The molecule has 7 heteroatoms. The minimum atomic E-state index is -0.361. The SMILES string of the molecule is COc1ccc(C(=O)N/N=C\c2cn(-c3ccccc3)nc2-c2cccc(C)c2)cc1OC. The summed E-state index contributed by atoms with van der Waals surface area (Å²) in [7, 11) is 3.07. The third-order valence-corrected chi connectivity index (χ3v) is 5.07. The molecule has 1 heterocycles. The standard InChI is InChI=1S/C26H24N4O3/c1-18-8-7-9-19(14-18)25-21(17-30(29-25)22-10-5-4-6-11-22)16-27-28-26(31)20-12-13-23(32-2)24(15-20)33-3/h4-17H,1-3H3,(H,28,31)/b27-16-. The Labute approximate surface area is 192 Å². The molecule has 3 aromatic carbocycles. The van der Waals surface area contributed by atoms with E-state index in [-0.39, 0.29) is 5.91 Å². The Kier molecular flexibility index (Phi) is 6.50. The molecule has 0 radical (unpaired) electrons. The molecule has 0 fully saturated rings. The van der Waals surface area contributed by atoms with E-state index in [9.17, 15) is 4.79 Å². The average molecular weight is 441 g/mol. The lowest BCUT2D eigenvalue weighted by molar-refractivity contribution is 0.0954. The first-order chi connectivity index (χ1) is 16.1. The molecule has 4 aromatic rings. The highest BCUT2D eigenvalue weighted by Gasteiger charge is 2.13. The first-order valence-corrected chi connectivity index (χ1v) is 10.4. The number of hydrogen-bond acceptors (Lipinski definition) is 5. The van der Waals surface area contributed by atoms with Crippen molar-refractivity contribution in [2.75, 3.05) is 14.2 Å². The van der Waals surface area contributed by atoms with Crippen LogP contribution in [-0.2, 0) is 0 Å². The summed E-state index contributed by atoms with van der Waals surface area (Å²) in [5.41, 5.74) is 7.56. The van der Waals surface area contributed by atoms with Crippen molar-refractivity contribution in [2.45, 2.75) is 6.92 Å². The van der Waals surface area contributed by atoms with Gasteiger partial charge in [0.2, 0.25) is 0 Å². The Morgan fingerprint density at radius 2 is 1.76 bits per heavy atom. The molecule has 166 valence electrons. The second kappa shape index (κ2) is 9.82. The summed E-state index contributed by atoms with van der Waals surface area (Å²) >= 11 is 0. The lowest BCUT2D eigenvalue weighted by Gasteiger charge is -2.08. The fourth-order valence-corrected chi connectivity index (χ4v) is 3.41. The van der Waals surface area contributed by atoms with Gasteiger partial charge in [0.05, 0.1) is 26.1 Å². The maximum Gasteiger partial charge on any atom is 0.271 e. The van der Waals surface area contributed by atoms with Crippen LogP contribution in [0.15, 0.2) is 84.1 Å². The van der Waals surface area contributed by atoms with Crippen molar-refractivity contribution < 1.29 is 14.3 Å². The molecule has 7 nitrogen and oxygen atoms in total. The van der Waals surface area contributed by atoms with Gasteiger partial charge in [-0.3, -0.25) is 4.79 Å². The number of benzene rings is 3. The lowest BCUT2D eigenvalue weighted by atomic mass is 10.1. The zero-order valence-corrected chi connectivity index (χ0v) is 18.6. The average Bonchev–Trinajstić information content (AvgIpc) is 3.28. The van der Waals surface area contributed by atoms with Crippen LogP contribution in [0.3, 0.4) is 0 Å². The summed E-state index contributed by atoms with van der Waals surface area (Å²) in [6, 6.07) is 22.9. The molecule has 0 unspecified atom stereocenters. The highest BCUT2D eigenvalue weighted by Crippen LogP contribution is 2.27. The van der Waals surface area contributed by atoms with E-state index in [1.807, 2.05) is 61.7 Å². The van der Waals surface area contributed by atoms with Crippen molar-refractivity contribution in [3.8, 4) is 28.4 Å². The van der Waals surface area contributed by atoms with Crippen LogP contribution in [0.1, 0.15) is 21.5 Å². The number of rotatable bonds is 7. The highest BCUT2D eigenvalue weighted by atomic mass is 16.5. The smallest absolute Gasteiger partial charge is 0.271 e. The van der Waals surface area contributed by atoms with Gasteiger partial charge in [-0.2, -0.15) is 10.2 Å². The van der Waals surface area contributed by atoms with E-state index in [1.165, 1.54) is 7.11 Å². The topological polar surface area (TPSA) is 77.7 Å². The van der Waals surface area contributed by atoms with E-state index in [0.717, 1.165) is 28.1 Å². The van der Waals surface area contributed by atoms with Gasteiger partial charge in [-0.15, -0.1) is 0 Å². The molecule has 0 bridgehead atoms. The lowest BCUT2D eigenvalue weighted by Crippen LogP contribution is -2.17. The van der Waals surface area contributed by atoms with Crippen molar-refractivity contribution in [3.63, 3.8) is 0 Å². The molecule has 0 saturated carbocycles. The number of para-hydroxylation sites is 1. The summed E-state index contributed by atoms with van der Waals surface area (Å²) in [5, 5.41) is 8.95. The Morgan fingerprint density at radius 3 is 2.48 bits per heavy atom. The van der Waals surface area contributed by atoms with E-state index >= 15 is 0 Å². The van der Waals surface area contributed by atoms with Crippen molar-refractivity contribution in [3.05, 3.63) is 95.7 Å². The molecular weight excluding hydrogens is 416 g/mol. The van der Waals surface area contributed by atoms with Crippen molar-refractivity contribution in [1.82, 2.24) is 15.2 Å². The molecule has 33 heavy (non-hydrogen) atoms. The number of methoxy groups -OCH3 is 2. The number of hydrazone groups is 1. The maximum absolute atomic E-state index is 12.6. The predicted octanol–water partition coefficient (Wildman–Crippen LogP) is 4.63. The maximum atomic E-state index is 12.6. The number of aryl methyl sites for hydroxylation is 1. The zero-order valence-electron chi connectivity index (χ0n) is 18.6. The fraction of sp³-hybridized carbons (Fsp3) is 0.115. The van der Waals surface area contributed by atoms with Crippen LogP contribution >= 0.6 is 0 Å². The quantitative estimate of drug-likeness (QED) is 0.336. The minimum Gasteiger partial charge on any atom is -0.493 e. The molecule has 1 aromatic heterocycles. The molecule has 0 aliphatic heterocycles. The van der Waals surface area contributed by atoms with Gasteiger partial charge < -0.3 is 9.47 Å². The van der Waals surface area contributed by atoms with Gasteiger partial charge in [-0.05, 0) is 43.3 Å². The third kappa shape index (κ3) is 4.93. The third-order valence-electron chi connectivity index (χ3n) is 5.07. The van der Waals surface area contributed by atoms with Crippen LogP contribution < -0.4 is 14.9 Å². The molecule has 4 rings (SSSR count). The monoisotopic (exact) mass is 440 g/mol.